The van der Waals surface area contributed by atoms with Crippen LogP contribution >= 0.6 is 11.8 Å². The number of nitriles is 1. The molecule has 2 nitrogen and oxygen atoms in total. The zero-order valence-electron chi connectivity index (χ0n) is 10.3. The van der Waals surface area contributed by atoms with E-state index in [0.29, 0.717) is 6.42 Å². The standard InChI is InChI=1S/C14H19NOS/c1-13-5-7-14(8-6-13)16-10-4-12-17-11-3-2-9-15/h5-8H,2-4,10-12H2,1H3. The molecule has 17 heavy (non-hydrogen) atoms. The molecule has 0 aromatic heterocycles. The van der Waals surface area contributed by atoms with Crippen molar-refractivity contribution in [2.45, 2.75) is 26.2 Å². The van der Waals surface area contributed by atoms with Crippen LogP contribution in [0.3, 0.4) is 0 Å². The molecule has 0 N–H and O–H groups in total. The van der Waals surface area contributed by atoms with Gasteiger partial charge in [-0.3, -0.25) is 0 Å². The fourth-order valence-electron chi connectivity index (χ4n) is 1.34. The van der Waals surface area contributed by atoms with Gasteiger partial charge in [-0.2, -0.15) is 17.0 Å². The van der Waals surface area contributed by atoms with Crippen molar-refractivity contribution < 1.29 is 4.74 Å². The van der Waals surface area contributed by atoms with Crippen molar-refractivity contribution in [2.24, 2.45) is 0 Å². The van der Waals surface area contributed by atoms with E-state index in [2.05, 4.69) is 25.1 Å². The van der Waals surface area contributed by atoms with E-state index in [9.17, 15) is 0 Å². The lowest BCUT2D eigenvalue weighted by atomic mass is 10.2. The Balaban J connectivity index is 1.97. The molecule has 1 aromatic rings. The van der Waals surface area contributed by atoms with E-state index < -0.39 is 0 Å². The lowest BCUT2D eigenvalue weighted by Gasteiger charge is -2.06. The number of aryl methyl sites for hydroxylation is 1. The van der Waals surface area contributed by atoms with E-state index in [4.69, 9.17) is 10.00 Å². The summed E-state index contributed by atoms with van der Waals surface area (Å²) >= 11 is 1.90. The van der Waals surface area contributed by atoms with Crippen LogP contribution in [0.2, 0.25) is 0 Å². The number of rotatable bonds is 8. The van der Waals surface area contributed by atoms with Crippen LogP contribution in [0, 0.1) is 18.3 Å². The average molecular weight is 249 g/mol. The van der Waals surface area contributed by atoms with E-state index in [1.165, 1.54) is 5.56 Å². The summed E-state index contributed by atoms with van der Waals surface area (Å²) < 4.78 is 5.62. The molecule has 0 aliphatic rings. The Hall–Kier alpha value is -1.14. The summed E-state index contributed by atoms with van der Waals surface area (Å²) in [6, 6.07) is 10.3. The monoisotopic (exact) mass is 249 g/mol. The van der Waals surface area contributed by atoms with Gasteiger partial charge in [-0.25, -0.2) is 0 Å². The molecule has 0 amide bonds. The highest BCUT2D eigenvalue weighted by atomic mass is 32.2. The van der Waals surface area contributed by atoms with Gasteiger partial charge in [-0.05, 0) is 43.4 Å². The first kappa shape index (κ1) is 13.9. The highest BCUT2D eigenvalue weighted by Gasteiger charge is 1.94. The number of thioether (sulfide) groups is 1. The smallest absolute Gasteiger partial charge is 0.119 e. The predicted molar refractivity (Wildman–Crippen MR) is 73.5 cm³/mol. The molecule has 0 radical (unpaired) electrons. The van der Waals surface area contributed by atoms with Crippen LogP contribution in [-0.2, 0) is 0 Å². The molecule has 0 atom stereocenters. The molecule has 0 saturated carbocycles. The molecule has 1 aromatic carbocycles. The zero-order chi connectivity index (χ0) is 12.3. The lowest BCUT2D eigenvalue weighted by molar-refractivity contribution is 0.318. The summed E-state index contributed by atoms with van der Waals surface area (Å²) in [5, 5.41) is 8.37. The van der Waals surface area contributed by atoms with Gasteiger partial charge in [0.1, 0.15) is 5.75 Å². The van der Waals surface area contributed by atoms with Crippen LogP contribution in [0.1, 0.15) is 24.8 Å². The molecular weight excluding hydrogens is 230 g/mol. The molecule has 0 fully saturated rings. The first-order valence-corrected chi connectivity index (χ1v) is 7.12. The number of ether oxygens (including phenoxy) is 1. The van der Waals surface area contributed by atoms with Crippen molar-refractivity contribution in [3.63, 3.8) is 0 Å². The van der Waals surface area contributed by atoms with E-state index >= 15 is 0 Å². The van der Waals surface area contributed by atoms with Crippen LogP contribution in [0.4, 0.5) is 0 Å². The van der Waals surface area contributed by atoms with Crippen LogP contribution in [0.25, 0.3) is 0 Å². The first-order valence-electron chi connectivity index (χ1n) is 5.97. The molecule has 0 heterocycles. The molecule has 0 saturated heterocycles. The Morgan fingerprint density at radius 1 is 1.18 bits per heavy atom. The Labute approximate surface area is 108 Å². The van der Waals surface area contributed by atoms with E-state index in [0.717, 1.165) is 36.7 Å². The van der Waals surface area contributed by atoms with Gasteiger partial charge in [-0.1, -0.05) is 17.7 Å². The predicted octanol–water partition coefficient (Wildman–Crippen LogP) is 3.80. The largest absolute Gasteiger partial charge is 0.494 e. The van der Waals surface area contributed by atoms with Crippen molar-refractivity contribution in [3.05, 3.63) is 29.8 Å². The summed E-state index contributed by atoms with van der Waals surface area (Å²) in [5.74, 6) is 3.14. The maximum Gasteiger partial charge on any atom is 0.119 e. The molecule has 0 unspecified atom stereocenters. The summed E-state index contributed by atoms with van der Waals surface area (Å²) in [6.45, 7) is 2.84. The second-order valence-electron chi connectivity index (χ2n) is 3.89. The SMILES string of the molecule is Cc1ccc(OCCCSCCCC#N)cc1. The molecule has 0 bridgehead atoms. The Kier molecular flexibility index (Phi) is 7.33. The Morgan fingerprint density at radius 3 is 2.59 bits per heavy atom. The number of hydrogen-bond donors (Lipinski definition) is 0. The van der Waals surface area contributed by atoms with Gasteiger partial charge in [0, 0.05) is 6.42 Å². The minimum absolute atomic E-state index is 0.673. The molecule has 0 aliphatic carbocycles. The quantitative estimate of drug-likeness (QED) is 0.657. The second kappa shape index (κ2) is 8.95. The first-order chi connectivity index (χ1) is 8.33. The van der Waals surface area contributed by atoms with E-state index in [1.54, 1.807) is 0 Å². The summed E-state index contributed by atoms with van der Waals surface area (Å²) in [5.41, 5.74) is 1.25. The van der Waals surface area contributed by atoms with E-state index in [1.807, 2.05) is 23.9 Å². The van der Waals surface area contributed by atoms with Gasteiger partial charge in [0.15, 0.2) is 0 Å². The minimum Gasteiger partial charge on any atom is -0.494 e. The Morgan fingerprint density at radius 2 is 1.88 bits per heavy atom. The molecule has 0 aliphatic heterocycles. The zero-order valence-corrected chi connectivity index (χ0v) is 11.1. The summed E-state index contributed by atoms with van der Waals surface area (Å²) in [6.07, 6.45) is 2.73. The topological polar surface area (TPSA) is 33.0 Å². The highest BCUT2D eigenvalue weighted by molar-refractivity contribution is 7.99. The number of nitrogens with zero attached hydrogens (tertiary/aromatic N) is 1. The van der Waals surface area contributed by atoms with Crippen molar-refractivity contribution in [1.82, 2.24) is 0 Å². The van der Waals surface area contributed by atoms with Gasteiger partial charge in [0.05, 0.1) is 12.7 Å². The van der Waals surface area contributed by atoms with Gasteiger partial charge in [0.25, 0.3) is 0 Å². The van der Waals surface area contributed by atoms with E-state index in [-0.39, 0.29) is 0 Å². The van der Waals surface area contributed by atoms with Crippen LogP contribution in [0.15, 0.2) is 24.3 Å². The normalized spacial score (nSPS) is 9.88. The third kappa shape index (κ3) is 6.91. The molecule has 92 valence electrons. The van der Waals surface area contributed by atoms with Crippen molar-refractivity contribution in [3.8, 4) is 11.8 Å². The van der Waals surface area contributed by atoms with Crippen molar-refractivity contribution >= 4 is 11.8 Å². The third-order valence-corrected chi connectivity index (χ3v) is 3.45. The van der Waals surface area contributed by atoms with Gasteiger partial charge >= 0.3 is 0 Å². The summed E-state index contributed by atoms with van der Waals surface area (Å²) in [4.78, 5) is 0. The molecular formula is C14H19NOS. The number of benzene rings is 1. The van der Waals surface area contributed by atoms with Gasteiger partial charge < -0.3 is 4.74 Å². The summed E-state index contributed by atoms with van der Waals surface area (Å²) in [7, 11) is 0. The Bertz CT molecular complexity index is 342. The fraction of sp³-hybridized carbons (Fsp3) is 0.500. The third-order valence-electron chi connectivity index (χ3n) is 2.30. The number of hydrogen-bond acceptors (Lipinski definition) is 3. The van der Waals surface area contributed by atoms with Crippen molar-refractivity contribution in [1.29, 1.82) is 5.26 Å². The van der Waals surface area contributed by atoms with Crippen LogP contribution in [0.5, 0.6) is 5.75 Å². The second-order valence-corrected chi connectivity index (χ2v) is 5.11. The average Bonchev–Trinajstić information content (AvgIpc) is 2.35. The van der Waals surface area contributed by atoms with Crippen LogP contribution < -0.4 is 4.74 Å². The number of unbranched alkanes of at least 4 members (excludes halogenated alkanes) is 1. The van der Waals surface area contributed by atoms with Gasteiger partial charge in [0.2, 0.25) is 0 Å². The fourth-order valence-corrected chi connectivity index (χ4v) is 2.22. The molecule has 1 rings (SSSR count). The van der Waals surface area contributed by atoms with Gasteiger partial charge in [-0.15, -0.1) is 0 Å². The lowest BCUT2D eigenvalue weighted by Crippen LogP contribution is -1.99. The molecule has 0 spiro atoms. The van der Waals surface area contributed by atoms with Crippen LogP contribution in [-0.4, -0.2) is 18.1 Å². The minimum atomic E-state index is 0.673. The molecule has 3 heteroatoms. The highest BCUT2D eigenvalue weighted by Crippen LogP contribution is 2.12. The maximum atomic E-state index is 8.37. The maximum absolute atomic E-state index is 8.37. The van der Waals surface area contributed by atoms with Crippen molar-refractivity contribution in [2.75, 3.05) is 18.1 Å².